The molecule has 2 aliphatic heterocycles. The van der Waals surface area contributed by atoms with E-state index in [1.165, 1.54) is 38.8 Å². The van der Waals surface area contributed by atoms with Gasteiger partial charge in [-0.3, -0.25) is 4.79 Å². The molecule has 3 rings (SSSR count). The summed E-state index contributed by atoms with van der Waals surface area (Å²) in [5, 5.41) is 0. The fourth-order valence-electron chi connectivity index (χ4n) is 4.23. The van der Waals surface area contributed by atoms with Crippen molar-refractivity contribution in [1.29, 1.82) is 0 Å². The van der Waals surface area contributed by atoms with Crippen molar-refractivity contribution in [3.8, 4) is 0 Å². The number of carbonyl (C=O) groups is 1. The standard InChI is InChI=1S/C17H30N2O2/c1-15(18-10-4-5-11-18)6-7-16(20)19-12-13-21-17(14-19)8-2-3-9-17/h15H,2-14H2,1H3/t15-/m0/s1. The van der Waals surface area contributed by atoms with E-state index in [0.717, 1.165) is 39.0 Å². The second kappa shape index (κ2) is 6.66. The molecule has 1 saturated carbocycles. The zero-order valence-corrected chi connectivity index (χ0v) is 13.5. The van der Waals surface area contributed by atoms with E-state index in [2.05, 4.69) is 16.7 Å². The van der Waals surface area contributed by atoms with Crippen molar-refractivity contribution in [2.75, 3.05) is 32.8 Å². The Labute approximate surface area is 128 Å². The SMILES string of the molecule is C[C@@H](CCC(=O)N1CCOC2(CCCC2)C1)N1CCCC1. The predicted octanol–water partition coefficient (Wildman–Crippen LogP) is 2.42. The number of nitrogens with zero attached hydrogens (tertiary/aromatic N) is 2. The topological polar surface area (TPSA) is 32.8 Å². The summed E-state index contributed by atoms with van der Waals surface area (Å²) in [7, 11) is 0. The van der Waals surface area contributed by atoms with Crippen LogP contribution in [-0.4, -0.2) is 60.1 Å². The normalized spacial score (nSPS) is 27.4. The van der Waals surface area contributed by atoms with Crippen LogP contribution in [0.1, 0.15) is 58.3 Å². The van der Waals surface area contributed by atoms with E-state index in [4.69, 9.17) is 4.74 Å². The van der Waals surface area contributed by atoms with Gasteiger partial charge in [0.05, 0.1) is 12.2 Å². The molecule has 1 atom stereocenters. The Bertz CT molecular complexity index is 360. The molecule has 0 aromatic rings. The molecule has 0 unspecified atom stereocenters. The van der Waals surface area contributed by atoms with Gasteiger partial charge in [-0.2, -0.15) is 0 Å². The molecule has 0 bridgehead atoms. The maximum atomic E-state index is 12.5. The van der Waals surface area contributed by atoms with Crippen LogP contribution in [0.15, 0.2) is 0 Å². The summed E-state index contributed by atoms with van der Waals surface area (Å²) in [5.74, 6) is 0.343. The second-order valence-electron chi connectivity index (χ2n) is 7.18. The first-order valence-corrected chi connectivity index (χ1v) is 8.84. The summed E-state index contributed by atoms with van der Waals surface area (Å²) >= 11 is 0. The molecule has 21 heavy (non-hydrogen) atoms. The molecular weight excluding hydrogens is 264 g/mol. The van der Waals surface area contributed by atoms with E-state index < -0.39 is 0 Å². The van der Waals surface area contributed by atoms with Gasteiger partial charge >= 0.3 is 0 Å². The average Bonchev–Trinajstić information content (AvgIpc) is 3.16. The zero-order chi connectivity index (χ0) is 14.7. The summed E-state index contributed by atoms with van der Waals surface area (Å²) in [6.45, 7) is 7.07. The zero-order valence-electron chi connectivity index (χ0n) is 13.5. The Hall–Kier alpha value is -0.610. The van der Waals surface area contributed by atoms with Gasteiger partial charge in [-0.1, -0.05) is 12.8 Å². The Balaban J connectivity index is 1.46. The maximum Gasteiger partial charge on any atom is 0.222 e. The highest BCUT2D eigenvalue weighted by molar-refractivity contribution is 5.76. The summed E-state index contributed by atoms with van der Waals surface area (Å²) in [5.41, 5.74) is 0.00841. The number of hydrogen-bond donors (Lipinski definition) is 0. The molecule has 4 heteroatoms. The van der Waals surface area contributed by atoms with Gasteiger partial charge in [-0.05, 0) is 52.1 Å². The van der Waals surface area contributed by atoms with Gasteiger partial charge in [0.25, 0.3) is 0 Å². The van der Waals surface area contributed by atoms with Crippen molar-refractivity contribution in [3.05, 3.63) is 0 Å². The molecule has 0 aromatic heterocycles. The number of ether oxygens (including phenoxy) is 1. The molecule has 4 nitrogen and oxygen atoms in total. The molecular formula is C17H30N2O2. The molecule has 3 fully saturated rings. The molecule has 0 radical (unpaired) electrons. The Morgan fingerprint density at radius 2 is 1.86 bits per heavy atom. The highest BCUT2D eigenvalue weighted by Gasteiger charge is 2.40. The number of amides is 1. The van der Waals surface area contributed by atoms with Crippen LogP contribution in [0.4, 0.5) is 0 Å². The lowest BCUT2D eigenvalue weighted by molar-refractivity contribution is -0.150. The highest BCUT2D eigenvalue weighted by Crippen LogP contribution is 2.36. The third kappa shape index (κ3) is 3.59. The quantitative estimate of drug-likeness (QED) is 0.798. The lowest BCUT2D eigenvalue weighted by Crippen LogP contribution is -2.52. The minimum atomic E-state index is 0.00841. The van der Waals surface area contributed by atoms with Gasteiger partial charge in [-0.25, -0.2) is 0 Å². The maximum absolute atomic E-state index is 12.5. The van der Waals surface area contributed by atoms with Crippen molar-refractivity contribution in [1.82, 2.24) is 9.80 Å². The van der Waals surface area contributed by atoms with Crippen molar-refractivity contribution < 1.29 is 9.53 Å². The van der Waals surface area contributed by atoms with Crippen LogP contribution >= 0.6 is 0 Å². The summed E-state index contributed by atoms with van der Waals surface area (Å²) < 4.78 is 6.01. The molecule has 0 N–H and O–H groups in total. The van der Waals surface area contributed by atoms with E-state index >= 15 is 0 Å². The molecule has 1 aliphatic carbocycles. The van der Waals surface area contributed by atoms with Crippen LogP contribution < -0.4 is 0 Å². The van der Waals surface area contributed by atoms with Gasteiger partial charge in [0.15, 0.2) is 0 Å². The fourth-order valence-corrected chi connectivity index (χ4v) is 4.23. The number of carbonyl (C=O) groups excluding carboxylic acids is 1. The number of morpholine rings is 1. The second-order valence-corrected chi connectivity index (χ2v) is 7.18. The van der Waals surface area contributed by atoms with Gasteiger partial charge < -0.3 is 14.5 Å². The monoisotopic (exact) mass is 294 g/mol. The van der Waals surface area contributed by atoms with Crippen LogP contribution in [0.3, 0.4) is 0 Å². The van der Waals surface area contributed by atoms with Crippen molar-refractivity contribution in [2.24, 2.45) is 0 Å². The predicted molar refractivity (Wildman–Crippen MR) is 83.2 cm³/mol. The van der Waals surface area contributed by atoms with Crippen LogP contribution in [0.2, 0.25) is 0 Å². The van der Waals surface area contributed by atoms with Crippen LogP contribution in [0, 0.1) is 0 Å². The first-order chi connectivity index (χ1) is 10.2. The van der Waals surface area contributed by atoms with Crippen molar-refractivity contribution in [3.63, 3.8) is 0 Å². The van der Waals surface area contributed by atoms with Crippen molar-refractivity contribution in [2.45, 2.75) is 69.9 Å². The lowest BCUT2D eigenvalue weighted by Gasteiger charge is -2.40. The number of likely N-dealkylation sites (tertiary alicyclic amines) is 1. The van der Waals surface area contributed by atoms with E-state index in [1.54, 1.807) is 0 Å². The summed E-state index contributed by atoms with van der Waals surface area (Å²) in [4.78, 5) is 17.1. The minimum absolute atomic E-state index is 0.00841. The molecule has 1 spiro atoms. The van der Waals surface area contributed by atoms with Gasteiger partial charge in [0.1, 0.15) is 0 Å². The largest absolute Gasteiger partial charge is 0.371 e. The minimum Gasteiger partial charge on any atom is -0.371 e. The Morgan fingerprint density at radius 1 is 1.14 bits per heavy atom. The summed E-state index contributed by atoms with van der Waals surface area (Å²) in [6, 6.07) is 0.554. The fraction of sp³-hybridized carbons (Fsp3) is 0.941. The van der Waals surface area contributed by atoms with E-state index in [9.17, 15) is 4.79 Å². The third-order valence-corrected chi connectivity index (χ3v) is 5.66. The number of hydrogen-bond acceptors (Lipinski definition) is 3. The first kappa shape index (κ1) is 15.3. The average molecular weight is 294 g/mol. The first-order valence-electron chi connectivity index (χ1n) is 8.84. The molecule has 2 heterocycles. The third-order valence-electron chi connectivity index (χ3n) is 5.66. The molecule has 1 amide bonds. The van der Waals surface area contributed by atoms with Gasteiger partial charge in [-0.15, -0.1) is 0 Å². The summed E-state index contributed by atoms with van der Waals surface area (Å²) in [6.07, 6.45) is 9.15. The van der Waals surface area contributed by atoms with E-state index in [-0.39, 0.29) is 5.60 Å². The van der Waals surface area contributed by atoms with Crippen molar-refractivity contribution >= 4 is 5.91 Å². The Morgan fingerprint density at radius 3 is 2.57 bits per heavy atom. The highest BCUT2D eigenvalue weighted by atomic mass is 16.5. The van der Waals surface area contributed by atoms with Crippen LogP contribution in [-0.2, 0) is 9.53 Å². The van der Waals surface area contributed by atoms with E-state index in [0.29, 0.717) is 18.4 Å². The molecule has 120 valence electrons. The Kier molecular flexibility index (Phi) is 4.85. The van der Waals surface area contributed by atoms with Crippen LogP contribution in [0.25, 0.3) is 0 Å². The van der Waals surface area contributed by atoms with Crippen LogP contribution in [0.5, 0.6) is 0 Å². The number of rotatable bonds is 4. The molecule has 3 aliphatic rings. The lowest BCUT2D eigenvalue weighted by atomic mass is 9.99. The smallest absolute Gasteiger partial charge is 0.222 e. The van der Waals surface area contributed by atoms with Gasteiger partial charge in [0.2, 0.25) is 5.91 Å². The van der Waals surface area contributed by atoms with E-state index in [1.807, 2.05) is 0 Å². The van der Waals surface area contributed by atoms with Gasteiger partial charge in [0, 0.05) is 25.6 Å². The molecule has 2 saturated heterocycles. The molecule has 0 aromatic carbocycles.